The summed E-state index contributed by atoms with van der Waals surface area (Å²) in [6.07, 6.45) is 0. The fourth-order valence-electron chi connectivity index (χ4n) is 2.15. The van der Waals surface area contributed by atoms with Crippen molar-refractivity contribution in [3.8, 4) is 0 Å². The van der Waals surface area contributed by atoms with Crippen LogP contribution >= 0.6 is 0 Å². The highest BCUT2D eigenvalue weighted by atomic mass is 15.4. The number of rotatable bonds is 4. The van der Waals surface area contributed by atoms with Gasteiger partial charge in [-0.05, 0) is 43.3 Å². The van der Waals surface area contributed by atoms with Gasteiger partial charge in [-0.15, -0.1) is 0 Å². The van der Waals surface area contributed by atoms with Crippen molar-refractivity contribution in [2.75, 3.05) is 10.7 Å². The van der Waals surface area contributed by atoms with Crippen LogP contribution in [0, 0.1) is 6.92 Å². The summed E-state index contributed by atoms with van der Waals surface area (Å²) < 4.78 is 0. The van der Waals surface area contributed by atoms with Crippen molar-refractivity contribution in [2.45, 2.75) is 6.92 Å². The number of nitrogens with zero attached hydrogens (tertiary/aromatic N) is 1. The van der Waals surface area contributed by atoms with E-state index in [4.69, 9.17) is 0 Å². The minimum absolute atomic E-state index is 0.618. The lowest BCUT2D eigenvalue weighted by molar-refractivity contribution is 1.10. The summed E-state index contributed by atoms with van der Waals surface area (Å²) in [5.41, 5.74) is 10.3. The van der Waals surface area contributed by atoms with E-state index in [0.717, 1.165) is 17.1 Å². The molecule has 0 aliphatic heterocycles. The number of hydrogen-bond donors (Lipinski definition) is 3. The van der Waals surface area contributed by atoms with E-state index in [0.29, 0.717) is 5.96 Å². The van der Waals surface area contributed by atoms with Gasteiger partial charge in [0.2, 0.25) is 5.96 Å². The van der Waals surface area contributed by atoms with E-state index < -0.39 is 0 Å². The van der Waals surface area contributed by atoms with E-state index in [2.05, 4.69) is 40.2 Å². The predicted molar refractivity (Wildman–Crippen MR) is 102 cm³/mol. The van der Waals surface area contributed by atoms with Gasteiger partial charge in [0.15, 0.2) is 0 Å². The van der Waals surface area contributed by atoms with E-state index >= 15 is 0 Å². The fraction of sp³-hybridized carbons (Fsp3) is 0.0500. The van der Waals surface area contributed by atoms with Crippen molar-refractivity contribution in [1.29, 1.82) is 0 Å². The van der Waals surface area contributed by atoms with Crippen LogP contribution < -0.4 is 16.2 Å². The molecule has 3 aromatic rings. The molecule has 0 heterocycles. The van der Waals surface area contributed by atoms with Crippen molar-refractivity contribution in [3.05, 3.63) is 90.5 Å². The molecule has 0 aliphatic rings. The highest BCUT2D eigenvalue weighted by Crippen LogP contribution is 2.12. The van der Waals surface area contributed by atoms with Crippen molar-refractivity contribution < 1.29 is 0 Å². The Morgan fingerprint density at radius 2 is 1.33 bits per heavy atom. The Hall–Kier alpha value is -3.27. The maximum Gasteiger partial charge on any atom is 0.220 e. The maximum atomic E-state index is 4.62. The van der Waals surface area contributed by atoms with E-state index in [-0.39, 0.29) is 0 Å². The van der Waals surface area contributed by atoms with Gasteiger partial charge in [-0.1, -0.05) is 54.1 Å². The van der Waals surface area contributed by atoms with Gasteiger partial charge in [0.25, 0.3) is 0 Å². The second-order valence-electron chi connectivity index (χ2n) is 5.40. The van der Waals surface area contributed by atoms with Gasteiger partial charge in [0.1, 0.15) is 0 Å². The maximum absolute atomic E-state index is 4.62. The first-order valence-corrected chi connectivity index (χ1v) is 7.84. The summed E-state index contributed by atoms with van der Waals surface area (Å²) in [5.74, 6) is 0.618. The number of benzene rings is 3. The van der Waals surface area contributed by atoms with E-state index in [1.165, 1.54) is 5.56 Å². The standard InChI is InChI=1S/C20H20N4/c1-16-12-14-19(15-13-16)23-24-20(21-17-8-4-2-5-9-17)22-18-10-6-3-7-11-18/h2-15,23H,1H3,(H2,21,22,24). The minimum Gasteiger partial charge on any atom is -0.325 e. The Kier molecular flexibility index (Phi) is 5.10. The smallest absolute Gasteiger partial charge is 0.220 e. The summed E-state index contributed by atoms with van der Waals surface area (Å²) in [5, 5.41) is 3.29. The van der Waals surface area contributed by atoms with Crippen LogP contribution in [0.2, 0.25) is 0 Å². The second kappa shape index (κ2) is 7.83. The molecule has 0 atom stereocenters. The van der Waals surface area contributed by atoms with Gasteiger partial charge in [-0.2, -0.15) is 0 Å². The van der Waals surface area contributed by atoms with Gasteiger partial charge in [-0.3, -0.25) is 10.9 Å². The molecular formula is C20H20N4. The van der Waals surface area contributed by atoms with Crippen LogP contribution in [0.3, 0.4) is 0 Å². The normalized spacial score (nSPS) is 11.0. The number of hydrogen-bond acceptors (Lipinski definition) is 2. The summed E-state index contributed by atoms with van der Waals surface area (Å²) in [6, 6.07) is 27.9. The van der Waals surface area contributed by atoms with Gasteiger partial charge >= 0.3 is 0 Å². The van der Waals surface area contributed by atoms with Crippen molar-refractivity contribution in [2.24, 2.45) is 4.99 Å². The molecule has 0 saturated heterocycles. The number of guanidine groups is 1. The highest BCUT2D eigenvalue weighted by molar-refractivity contribution is 5.95. The molecule has 3 rings (SSSR count). The Morgan fingerprint density at radius 1 is 0.708 bits per heavy atom. The predicted octanol–water partition coefficient (Wildman–Crippen LogP) is 4.71. The monoisotopic (exact) mass is 316 g/mol. The fourth-order valence-corrected chi connectivity index (χ4v) is 2.15. The van der Waals surface area contributed by atoms with Crippen LogP contribution in [0.5, 0.6) is 0 Å². The zero-order chi connectivity index (χ0) is 16.6. The van der Waals surface area contributed by atoms with Crippen molar-refractivity contribution in [1.82, 2.24) is 5.43 Å². The number of aryl methyl sites for hydroxylation is 1. The van der Waals surface area contributed by atoms with E-state index in [1.807, 2.05) is 72.8 Å². The van der Waals surface area contributed by atoms with Crippen LogP contribution in [0.4, 0.5) is 17.1 Å². The first-order chi connectivity index (χ1) is 11.8. The number of anilines is 2. The Labute approximate surface area is 142 Å². The van der Waals surface area contributed by atoms with Crippen LogP contribution in [0.25, 0.3) is 0 Å². The molecule has 4 nitrogen and oxygen atoms in total. The average Bonchev–Trinajstić information content (AvgIpc) is 2.63. The molecule has 0 spiro atoms. The van der Waals surface area contributed by atoms with Gasteiger partial charge < -0.3 is 5.32 Å². The molecule has 0 fully saturated rings. The Balaban J connectivity index is 1.76. The van der Waals surface area contributed by atoms with Crippen LogP contribution in [-0.4, -0.2) is 5.96 Å². The topological polar surface area (TPSA) is 48.5 Å². The molecule has 0 aromatic heterocycles. The SMILES string of the molecule is Cc1ccc(NNC(=Nc2ccccc2)Nc2ccccc2)cc1. The summed E-state index contributed by atoms with van der Waals surface area (Å²) in [4.78, 5) is 4.62. The molecule has 0 aliphatic carbocycles. The summed E-state index contributed by atoms with van der Waals surface area (Å²) in [6.45, 7) is 2.07. The number of hydrazine groups is 1. The lowest BCUT2D eigenvalue weighted by Crippen LogP contribution is -2.35. The minimum atomic E-state index is 0.618. The lowest BCUT2D eigenvalue weighted by atomic mass is 10.2. The zero-order valence-corrected chi connectivity index (χ0v) is 13.5. The lowest BCUT2D eigenvalue weighted by Gasteiger charge is -2.14. The van der Waals surface area contributed by atoms with Crippen molar-refractivity contribution in [3.63, 3.8) is 0 Å². The molecule has 4 heteroatoms. The van der Waals surface area contributed by atoms with Crippen LogP contribution in [0.1, 0.15) is 5.56 Å². The first kappa shape index (κ1) is 15.6. The third-order valence-electron chi connectivity index (χ3n) is 3.41. The van der Waals surface area contributed by atoms with E-state index in [1.54, 1.807) is 0 Å². The molecule has 0 bridgehead atoms. The number of aliphatic imine (C=N–C) groups is 1. The van der Waals surface area contributed by atoms with Gasteiger partial charge in [0.05, 0.1) is 11.4 Å². The summed E-state index contributed by atoms with van der Waals surface area (Å²) in [7, 11) is 0. The van der Waals surface area contributed by atoms with Crippen LogP contribution in [-0.2, 0) is 0 Å². The molecule has 0 radical (unpaired) electrons. The molecule has 24 heavy (non-hydrogen) atoms. The first-order valence-electron chi connectivity index (χ1n) is 7.84. The Bertz CT molecular complexity index is 781. The molecule has 0 unspecified atom stereocenters. The third-order valence-corrected chi connectivity index (χ3v) is 3.41. The quantitative estimate of drug-likeness (QED) is 0.371. The van der Waals surface area contributed by atoms with Gasteiger partial charge in [-0.25, -0.2) is 4.99 Å². The number of nitrogens with one attached hydrogen (secondary N) is 3. The molecule has 0 amide bonds. The molecule has 120 valence electrons. The average molecular weight is 316 g/mol. The molecule has 3 aromatic carbocycles. The van der Waals surface area contributed by atoms with Gasteiger partial charge in [0, 0.05) is 5.69 Å². The number of para-hydroxylation sites is 2. The van der Waals surface area contributed by atoms with E-state index in [9.17, 15) is 0 Å². The summed E-state index contributed by atoms with van der Waals surface area (Å²) >= 11 is 0. The second-order valence-corrected chi connectivity index (χ2v) is 5.40. The van der Waals surface area contributed by atoms with Crippen LogP contribution in [0.15, 0.2) is 89.9 Å². The third kappa shape index (κ3) is 4.61. The Morgan fingerprint density at radius 3 is 2.00 bits per heavy atom. The zero-order valence-electron chi connectivity index (χ0n) is 13.5. The molecular weight excluding hydrogens is 296 g/mol. The highest BCUT2D eigenvalue weighted by Gasteiger charge is 2.01. The largest absolute Gasteiger partial charge is 0.325 e. The molecule has 0 saturated carbocycles. The molecule has 3 N–H and O–H groups in total. The van der Waals surface area contributed by atoms with Crippen molar-refractivity contribution >= 4 is 23.0 Å².